The van der Waals surface area contributed by atoms with Crippen LogP contribution in [0.5, 0.6) is 0 Å². The molecule has 25 heavy (non-hydrogen) atoms. The van der Waals surface area contributed by atoms with E-state index in [2.05, 4.69) is 19.1 Å². The molecule has 0 aromatic carbocycles. The molecule has 1 radical (unpaired) electrons. The molecule has 0 fully saturated rings. The Hall–Kier alpha value is 0.170. The number of hydrogen-bond donors (Lipinski definition) is 1. The molecule has 0 heterocycles. The number of ether oxygens (including phenoxy) is 1. The summed E-state index contributed by atoms with van der Waals surface area (Å²) in [5, 5.41) is 8.98. The van der Waals surface area contributed by atoms with E-state index < -0.39 is 12.1 Å². The number of carbonyl (C=O) groups excluding carboxylic acids is 1. The summed E-state index contributed by atoms with van der Waals surface area (Å²) >= 11 is 0. The van der Waals surface area contributed by atoms with Crippen LogP contribution < -0.4 is 0 Å². The summed E-state index contributed by atoms with van der Waals surface area (Å²) in [6.45, 7) is 4.13. The fourth-order valence-corrected chi connectivity index (χ4v) is 2.64. The number of rotatable bonds is 17. The Morgan fingerprint density at radius 2 is 1.28 bits per heavy atom. The van der Waals surface area contributed by atoms with E-state index in [0.717, 1.165) is 12.8 Å². The average Bonchev–Trinajstić information content (AvgIpc) is 2.57. The van der Waals surface area contributed by atoms with Crippen LogP contribution in [-0.4, -0.2) is 53.3 Å². The van der Waals surface area contributed by atoms with Crippen molar-refractivity contribution < 1.29 is 14.6 Å². The van der Waals surface area contributed by atoms with Gasteiger partial charge in [0.15, 0.2) is 0 Å². The van der Waals surface area contributed by atoms with Crippen LogP contribution in [0.2, 0.25) is 0 Å². The average molecular weight is 364 g/mol. The Labute approximate surface area is 178 Å². The summed E-state index contributed by atoms with van der Waals surface area (Å²) < 4.78 is 4.92. The van der Waals surface area contributed by atoms with Gasteiger partial charge in [-0.25, -0.2) is 4.79 Å². The van der Waals surface area contributed by atoms with Crippen molar-refractivity contribution in [3.63, 3.8) is 0 Å². The number of carbonyl (C=O) groups is 1. The van der Waals surface area contributed by atoms with Crippen molar-refractivity contribution in [2.24, 2.45) is 0 Å². The Bertz CT molecular complexity index is 304. The maximum Gasteiger partial charge on any atom is 0.334 e. The zero-order valence-corrected chi connectivity index (χ0v) is 19.1. The van der Waals surface area contributed by atoms with Crippen molar-refractivity contribution in [2.75, 3.05) is 6.61 Å². The smallest absolute Gasteiger partial charge is 0.334 e. The number of aliphatic hydroxyl groups is 1. The standard InChI is InChI=1S/C21H40O3.Na/c1-3-4-5-6-7-8-9-10-11-12-13-14-15-16-17-18-19-24-21(23)20(2)22;/h10-11,20,22H,3-9,12-19H2,1-2H3;. The van der Waals surface area contributed by atoms with Gasteiger partial charge in [-0.05, 0) is 39.0 Å². The Morgan fingerprint density at radius 1 is 0.840 bits per heavy atom. The number of hydrogen-bond acceptors (Lipinski definition) is 3. The van der Waals surface area contributed by atoms with Crippen LogP contribution in [0.4, 0.5) is 0 Å². The molecule has 0 saturated heterocycles. The van der Waals surface area contributed by atoms with Crippen molar-refractivity contribution in [1.82, 2.24) is 0 Å². The third kappa shape index (κ3) is 22.1. The van der Waals surface area contributed by atoms with E-state index in [1.165, 1.54) is 84.0 Å². The van der Waals surface area contributed by atoms with Gasteiger partial charge < -0.3 is 9.84 Å². The summed E-state index contributed by atoms with van der Waals surface area (Å²) in [4.78, 5) is 11.0. The molecule has 0 saturated carbocycles. The van der Waals surface area contributed by atoms with Crippen LogP contribution in [0, 0.1) is 0 Å². The maximum absolute atomic E-state index is 11.0. The van der Waals surface area contributed by atoms with Crippen LogP contribution in [0.3, 0.4) is 0 Å². The first-order valence-corrected chi connectivity index (χ1v) is 10.2. The SMILES string of the molecule is CCCCCCCCC=CCCCCCCCCOC(=O)C(C)O.[Na]. The number of aliphatic hydroxyl groups excluding tert-OH is 1. The normalized spacial score (nSPS) is 12.1. The van der Waals surface area contributed by atoms with Crippen LogP contribution >= 0.6 is 0 Å². The van der Waals surface area contributed by atoms with Gasteiger partial charge in [0.2, 0.25) is 0 Å². The minimum absolute atomic E-state index is 0. The van der Waals surface area contributed by atoms with Gasteiger partial charge in [-0.1, -0.05) is 76.9 Å². The molecule has 1 unspecified atom stereocenters. The Kier molecular flexibility index (Phi) is 24.3. The molecule has 3 nitrogen and oxygen atoms in total. The summed E-state index contributed by atoms with van der Waals surface area (Å²) in [6, 6.07) is 0. The first kappa shape index (κ1) is 27.4. The fraction of sp³-hybridized carbons (Fsp3) is 0.857. The van der Waals surface area contributed by atoms with Gasteiger partial charge in [0.05, 0.1) is 6.61 Å². The first-order valence-electron chi connectivity index (χ1n) is 10.2. The Morgan fingerprint density at radius 3 is 1.76 bits per heavy atom. The predicted molar refractivity (Wildman–Crippen MR) is 108 cm³/mol. The van der Waals surface area contributed by atoms with Gasteiger partial charge in [-0.2, -0.15) is 0 Å². The number of allylic oxidation sites excluding steroid dienone is 2. The van der Waals surface area contributed by atoms with Crippen molar-refractivity contribution in [1.29, 1.82) is 0 Å². The van der Waals surface area contributed by atoms with Crippen molar-refractivity contribution in [2.45, 2.75) is 110 Å². The van der Waals surface area contributed by atoms with Gasteiger partial charge in [0.25, 0.3) is 0 Å². The zero-order chi connectivity index (χ0) is 17.9. The Balaban J connectivity index is 0. The molecule has 0 spiro atoms. The van der Waals surface area contributed by atoms with Gasteiger partial charge in [-0.3, -0.25) is 0 Å². The molecule has 1 N–H and O–H groups in total. The maximum atomic E-state index is 11.0. The molecule has 1 atom stereocenters. The second-order valence-corrected chi connectivity index (χ2v) is 6.78. The first-order chi connectivity index (χ1) is 11.7. The topological polar surface area (TPSA) is 46.5 Å². The molecular formula is C21H40NaO3. The van der Waals surface area contributed by atoms with Gasteiger partial charge in [-0.15, -0.1) is 0 Å². The third-order valence-corrected chi connectivity index (χ3v) is 4.24. The fourth-order valence-electron chi connectivity index (χ4n) is 2.64. The molecule has 0 aliphatic heterocycles. The zero-order valence-electron chi connectivity index (χ0n) is 17.1. The minimum Gasteiger partial charge on any atom is -0.464 e. The van der Waals surface area contributed by atoms with E-state index in [-0.39, 0.29) is 29.6 Å². The molecular weight excluding hydrogens is 323 g/mol. The van der Waals surface area contributed by atoms with Crippen LogP contribution in [-0.2, 0) is 9.53 Å². The van der Waals surface area contributed by atoms with Crippen LogP contribution in [0.25, 0.3) is 0 Å². The molecule has 0 aliphatic carbocycles. The van der Waals surface area contributed by atoms with Crippen LogP contribution in [0.1, 0.15) is 104 Å². The molecule has 4 heteroatoms. The van der Waals surface area contributed by atoms with E-state index in [9.17, 15) is 4.79 Å². The second-order valence-electron chi connectivity index (χ2n) is 6.78. The van der Waals surface area contributed by atoms with Gasteiger partial charge >= 0.3 is 5.97 Å². The molecule has 0 aromatic rings. The van der Waals surface area contributed by atoms with E-state index in [1.807, 2.05) is 0 Å². The molecule has 0 aromatic heterocycles. The molecule has 0 rings (SSSR count). The quantitative estimate of drug-likeness (QED) is 0.159. The molecule has 0 amide bonds. The second kappa shape index (κ2) is 22.2. The molecule has 0 bridgehead atoms. The third-order valence-electron chi connectivity index (χ3n) is 4.24. The summed E-state index contributed by atoms with van der Waals surface area (Å²) in [6.07, 6.45) is 21.5. The minimum atomic E-state index is -1.00. The van der Waals surface area contributed by atoms with E-state index in [0.29, 0.717) is 6.61 Å². The van der Waals surface area contributed by atoms with E-state index in [1.54, 1.807) is 0 Å². The monoisotopic (exact) mass is 363 g/mol. The summed E-state index contributed by atoms with van der Waals surface area (Å²) in [5.41, 5.74) is 0. The van der Waals surface area contributed by atoms with Gasteiger partial charge in [0.1, 0.15) is 6.10 Å². The van der Waals surface area contributed by atoms with Crippen LogP contribution in [0.15, 0.2) is 12.2 Å². The van der Waals surface area contributed by atoms with E-state index >= 15 is 0 Å². The number of unbranched alkanes of at least 4 members (excludes halogenated alkanes) is 12. The summed E-state index contributed by atoms with van der Waals surface area (Å²) in [5.74, 6) is -0.511. The predicted octanol–water partition coefficient (Wildman–Crippen LogP) is 5.57. The molecule has 143 valence electrons. The van der Waals surface area contributed by atoms with Crippen molar-refractivity contribution in [3.05, 3.63) is 12.2 Å². The van der Waals surface area contributed by atoms with Crippen molar-refractivity contribution >= 4 is 35.5 Å². The number of esters is 1. The summed E-state index contributed by atoms with van der Waals surface area (Å²) in [7, 11) is 0. The van der Waals surface area contributed by atoms with E-state index in [4.69, 9.17) is 9.84 Å². The molecule has 0 aliphatic rings. The largest absolute Gasteiger partial charge is 0.464 e. The van der Waals surface area contributed by atoms with Gasteiger partial charge in [0, 0.05) is 29.6 Å². The van der Waals surface area contributed by atoms with Crippen molar-refractivity contribution in [3.8, 4) is 0 Å².